The molecule has 0 aromatic carbocycles. The second-order valence-corrected chi connectivity index (χ2v) is 4.15. The number of fused-ring (bicyclic) bond motifs is 1. The predicted octanol–water partition coefficient (Wildman–Crippen LogP) is 2.79. The third-order valence-electron chi connectivity index (χ3n) is 2.81. The molecule has 0 bridgehead atoms. The van der Waals surface area contributed by atoms with Gasteiger partial charge in [0.15, 0.2) is 0 Å². The van der Waals surface area contributed by atoms with Crippen LogP contribution in [0, 0.1) is 11.8 Å². The first-order valence-corrected chi connectivity index (χ1v) is 5.71. The van der Waals surface area contributed by atoms with Gasteiger partial charge in [0.05, 0.1) is 5.92 Å². The molecule has 2 rings (SSSR count). The molecular weight excluding hydrogens is 279 g/mol. The molecule has 0 saturated carbocycles. The molecule has 2 atom stereocenters. The number of hydrogen-bond acceptors (Lipinski definition) is 2. The van der Waals surface area contributed by atoms with E-state index in [0.29, 0.717) is 5.92 Å². The summed E-state index contributed by atoms with van der Waals surface area (Å²) in [4.78, 5) is 11.4. The Morgan fingerprint density at radius 3 is 3.15 bits per heavy atom. The Hall–Kier alpha value is -0.320. The number of halogens is 1. The molecule has 1 aliphatic heterocycles. The summed E-state index contributed by atoms with van der Waals surface area (Å²) in [7, 11) is 0. The summed E-state index contributed by atoms with van der Waals surface area (Å²) in [6.45, 7) is 1.95. The van der Waals surface area contributed by atoms with E-state index in [4.69, 9.17) is 4.74 Å². The summed E-state index contributed by atoms with van der Waals surface area (Å²) >= 11 is 2.12. The maximum atomic E-state index is 11.4. The van der Waals surface area contributed by atoms with Gasteiger partial charge in [-0.3, -0.25) is 4.79 Å². The normalized spacial score (nSPS) is 35.7. The minimum Gasteiger partial charge on any atom is -0.426 e. The number of carbonyl (C=O) groups excluding carboxylic acids is 1. The molecule has 1 fully saturated rings. The summed E-state index contributed by atoms with van der Waals surface area (Å²) < 4.78 is 7.06. The number of allylic oxidation sites excluding steroid dienone is 2. The Labute approximate surface area is 91.2 Å². The molecule has 70 valence electrons. The molecule has 0 spiro atoms. The van der Waals surface area contributed by atoms with Gasteiger partial charge in [0.2, 0.25) is 0 Å². The SMILES string of the molecule is C[C@@H]1C(=O)O/C(=C/I)C2=CCC[C@@H]21. The van der Waals surface area contributed by atoms with Gasteiger partial charge in [-0.05, 0) is 41.0 Å². The van der Waals surface area contributed by atoms with Gasteiger partial charge < -0.3 is 4.74 Å². The molecule has 0 aromatic rings. The largest absolute Gasteiger partial charge is 0.426 e. The highest BCUT2D eigenvalue weighted by Crippen LogP contribution is 2.41. The van der Waals surface area contributed by atoms with E-state index in [1.54, 1.807) is 0 Å². The van der Waals surface area contributed by atoms with E-state index in [1.165, 1.54) is 5.57 Å². The van der Waals surface area contributed by atoms with Crippen molar-refractivity contribution >= 4 is 28.6 Å². The van der Waals surface area contributed by atoms with Crippen molar-refractivity contribution in [3.63, 3.8) is 0 Å². The van der Waals surface area contributed by atoms with Crippen LogP contribution in [-0.4, -0.2) is 5.97 Å². The summed E-state index contributed by atoms with van der Waals surface area (Å²) in [6, 6.07) is 0. The van der Waals surface area contributed by atoms with Gasteiger partial charge >= 0.3 is 5.97 Å². The molecule has 2 nitrogen and oxygen atoms in total. The molecule has 13 heavy (non-hydrogen) atoms. The first-order chi connectivity index (χ1) is 6.24. The van der Waals surface area contributed by atoms with Crippen LogP contribution in [0.5, 0.6) is 0 Å². The Morgan fingerprint density at radius 2 is 2.46 bits per heavy atom. The quantitative estimate of drug-likeness (QED) is 0.506. The zero-order valence-corrected chi connectivity index (χ0v) is 9.58. The lowest BCUT2D eigenvalue weighted by Gasteiger charge is -2.28. The van der Waals surface area contributed by atoms with E-state index in [2.05, 4.69) is 28.7 Å². The molecule has 0 unspecified atom stereocenters. The Balaban J connectivity index is 2.35. The van der Waals surface area contributed by atoms with Crippen LogP contribution < -0.4 is 0 Å². The third kappa shape index (κ3) is 1.43. The average Bonchev–Trinajstić information content (AvgIpc) is 2.60. The Bertz CT molecular complexity index is 304. The topological polar surface area (TPSA) is 26.3 Å². The van der Waals surface area contributed by atoms with Crippen LogP contribution in [0.25, 0.3) is 0 Å². The fourth-order valence-corrected chi connectivity index (χ4v) is 2.52. The van der Waals surface area contributed by atoms with Crippen LogP contribution in [0.4, 0.5) is 0 Å². The van der Waals surface area contributed by atoms with Crippen molar-refractivity contribution in [2.24, 2.45) is 11.8 Å². The molecular formula is C10H11IO2. The maximum Gasteiger partial charge on any atom is 0.314 e. The Kier molecular flexibility index (Phi) is 2.45. The van der Waals surface area contributed by atoms with Crippen molar-refractivity contribution < 1.29 is 9.53 Å². The van der Waals surface area contributed by atoms with Crippen LogP contribution >= 0.6 is 22.6 Å². The smallest absolute Gasteiger partial charge is 0.314 e. The molecule has 1 heterocycles. The average molecular weight is 290 g/mol. The van der Waals surface area contributed by atoms with E-state index in [9.17, 15) is 4.79 Å². The van der Waals surface area contributed by atoms with Gasteiger partial charge in [0, 0.05) is 10.0 Å². The number of carbonyl (C=O) groups is 1. The molecule has 2 aliphatic rings. The molecule has 1 aliphatic carbocycles. The molecule has 3 heteroatoms. The number of hydrogen-bond donors (Lipinski definition) is 0. The van der Waals surface area contributed by atoms with Crippen molar-refractivity contribution in [1.29, 1.82) is 0 Å². The fourth-order valence-electron chi connectivity index (χ4n) is 2.04. The van der Waals surface area contributed by atoms with E-state index in [-0.39, 0.29) is 11.9 Å². The zero-order chi connectivity index (χ0) is 9.42. The molecule has 0 N–H and O–H groups in total. The highest BCUT2D eigenvalue weighted by Gasteiger charge is 2.38. The Morgan fingerprint density at radius 1 is 1.69 bits per heavy atom. The van der Waals surface area contributed by atoms with Gasteiger partial charge in [0.1, 0.15) is 5.76 Å². The van der Waals surface area contributed by atoms with Gasteiger partial charge in [-0.15, -0.1) is 0 Å². The van der Waals surface area contributed by atoms with E-state index in [0.717, 1.165) is 18.6 Å². The summed E-state index contributed by atoms with van der Waals surface area (Å²) in [6.07, 6.45) is 4.37. The minimum absolute atomic E-state index is 0.0360. The summed E-state index contributed by atoms with van der Waals surface area (Å²) in [5.41, 5.74) is 1.24. The number of cyclic esters (lactones) is 1. The lowest BCUT2D eigenvalue weighted by atomic mass is 9.85. The molecule has 1 saturated heterocycles. The second kappa shape index (κ2) is 3.44. The molecule has 0 aromatic heterocycles. The molecule has 0 amide bonds. The summed E-state index contributed by atoms with van der Waals surface area (Å²) in [5.74, 6) is 1.13. The number of esters is 1. The number of ether oxygens (including phenoxy) is 1. The first-order valence-electron chi connectivity index (χ1n) is 4.46. The van der Waals surface area contributed by atoms with Crippen molar-refractivity contribution in [2.75, 3.05) is 0 Å². The van der Waals surface area contributed by atoms with Crippen LogP contribution in [-0.2, 0) is 9.53 Å². The van der Waals surface area contributed by atoms with Crippen LogP contribution in [0.2, 0.25) is 0 Å². The second-order valence-electron chi connectivity index (χ2n) is 3.53. The fraction of sp³-hybridized carbons (Fsp3) is 0.500. The van der Waals surface area contributed by atoms with E-state index >= 15 is 0 Å². The van der Waals surface area contributed by atoms with Gasteiger partial charge in [-0.1, -0.05) is 13.0 Å². The minimum atomic E-state index is -0.0769. The van der Waals surface area contributed by atoms with E-state index in [1.807, 2.05) is 11.0 Å². The van der Waals surface area contributed by atoms with Gasteiger partial charge in [0.25, 0.3) is 0 Å². The number of rotatable bonds is 0. The standard InChI is InChI=1S/C10H11IO2/c1-6-7-3-2-4-8(7)9(5-11)13-10(6)12/h4-7H,2-3H2,1H3/b9-5+/t6-,7+/m0/s1. The van der Waals surface area contributed by atoms with E-state index < -0.39 is 0 Å². The third-order valence-corrected chi connectivity index (χ3v) is 3.38. The van der Waals surface area contributed by atoms with Gasteiger partial charge in [-0.2, -0.15) is 0 Å². The van der Waals surface area contributed by atoms with Crippen molar-refractivity contribution in [3.05, 3.63) is 21.5 Å². The van der Waals surface area contributed by atoms with Crippen molar-refractivity contribution in [1.82, 2.24) is 0 Å². The highest BCUT2D eigenvalue weighted by atomic mass is 127. The van der Waals surface area contributed by atoms with Crippen LogP contribution in [0.3, 0.4) is 0 Å². The first kappa shape index (κ1) is 9.24. The van der Waals surface area contributed by atoms with Gasteiger partial charge in [-0.25, -0.2) is 0 Å². The van der Waals surface area contributed by atoms with Crippen molar-refractivity contribution in [2.45, 2.75) is 19.8 Å². The lowest BCUT2D eigenvalue weighted by Crippen LogP contribution is -2.29. The van der Waals surface area contributed by atoms with Crippen LogP contribution in [0.15, 0.2) is 21.5 Å². The maximum absolute atomic E-state index is 11.4. The van der Waals surface area contributed by atoms with Crippen molar-refractivity contribution in [3.8, 4) is 0 Å². The monoisotopic (exact) mass is 290 g/mol. The highest BCUT2D eigenvalue weighted by molar-refractivity contribution is 14.1. The predicted molar refractivity (Wildman–Crippen MR) is 58.2 cm³/mol. The summed E-state index contributed by atoms with van der Waals surface area (Å²) in [5, 5.41) is 0. The van der Waals surface area contributed by atoms with Crippen LogP contribution in [0.1, 0.15) is 19.8 Å². The lowest BCUT2D eigenvalue weighted by molar-refractivity contribution is -0.147. The molecule has 0 radical (unpaired) electrons. The zero-order valence-electron chi connectivity index (χ0n) is 7.42.